The molecule has 0 fully saturated rings. The van der Waals surface area contributed by atoms with E-state index in [9.17, 15) is 4.79 Å². The first-order chi connectivity index (χ1) is 8.11. The number of nitrogens with zero attached hydrogens (tertiary/aromatic N) is 1. The first-order valence-corrected chi connectivity index (χ1v) is 5.74. The average Bonchev–Trinajstić information content (AvgIpc) is 2.74. The fourth-order valence-electron chi connectivity index (χ4n) is 1.81. The molecular weight excluding hydrogens is 212 g/mol. The van der Waals surface area contributed by atoms with Gasteiger partial charge in [0.1, 0.15) is 0 Å². The third kappa shape index (κ3) is 2.28. The molecule has 17 heavy (non-hydrogen) atoms. The van der Waals surface area contributed by atoms with Crippen molar-refractivity contribution in [3.63, 3.8) is 0 Å². The van der Waals surface area contributed by atoms with Crippen LogP contribution >= 0.6 is 0 Å². The lowest BCUT2D eigenvalue weighted by Gasteiger charge is -2.05. The zero-order chi connectivity index (χ0) is 12.4. The molecule has 0 saturated carbocycles. The molecule has 88 valence electrons. The molecule has 0 aliphatic heterocycles. The topological polar surface area (TPSA) is 45.8 Å². The molecule has 1 heterocycles. The predicted molar refractivity (Wildman–Crippen MR) is 68.2 cm³/mol. The summed E-state index contributed by atoms with van der Waals surface area (Å²) in [5.41, 5.74) is 4.15. The quantitative estimate of drug-likeness (QED) is 0.819. The van der Waals surface area contributed by atoms with Crippen molar-refractivity contribution in [1.82, 2.24) is 9.97 Å². The third-order valence-corrected chi connectivity index (χ3v) is 2.76. The molecule has 2 rings (SSSR count). The number of hydrogen-bond acceptors (Lipinski definition) is 2. The second kappa shape index (κ2) is 4.53. The van der Waals surface area contributed by atoms with E-state index in [0.717, 1.165) is 23.2 Å². The van der Waals surface area contributed by atoms with Crippen LogP contribution < -0.4 is 0 Å². The van der Waals surface area contributed by atoms with Crippen molar-refractivity contribution in [3.8, 4) is 11.3 Å². The second-order valence-electron chi connectivity index (χ2n) is 4.52. The third-order valence-electron chi connectivity index (χ3n) is 2.76. The Kier molecular flexibility index (Phi) is 3.09. The predicted octanol–water partition coefficient (Wildman–Crippen LogP) is 3.32. The number of aryl methyl sites for hydroxylation is 1. The van der Waals surface area contributed by atoms with Crippen LogP contribution in [0.1, 0.15) is 41.6 Å². The Morgan fingerprint density at radius 3 is 2.41 bits per heavy atom. The van der Waals surface area contributed by atoms with Gasteiger partial charge in [0.25, 0.3) is 0 Å². The number of hydrogen-bond donors (Lipinski definition) is 1. The van der Waals surface area contributed by atoms with Gasteiger partial charge in [0, 0.05) is 11.3 Å². The monoisotopic (exact) mass is 228 g/mol. The summed E-state index contributed by atoms with van der Waals surface area (Å²) < 4.78 is 0. The van der Waals surface area contributed by atoms with Crippen molar-refractivity contribution in [1.29, 1.82) is 0 Å². The summed E-state index contributed by atoms with van der Waals surface area (Å²) in [6.45, 7) is 6.22. The van der Waals surface area contributed by atoms with Crippen molar-refractivity contribution in [3.05, 3.63) is 41.3 Å². The number of aromatic nitrogens is 2. The number of imidazole rings is 1. The maximum absolute atomic E-state index is 10.8. The van der Waals surface area contributed by atoms with E-state index in [1.807, 2.05) is 12.1 Å². The van der Waals surface area contributed by atoms with Gasteiger partial charge in [-0.05, 0) is 12.8 Å². The Hall–Kier alpha value is -1.90. The maximum atomic E-state index is 10.8. The van der Waals surface area contributed by atoms with E-state index in [2.05, 4.69) is 42.9 Å². The Balaban J connectivity index is 2.53. The molecule has 0 aliphatic carbocycles. The molecule has 3 heteroatoms. The van der Waals surface area contributed by atoms with Crippen LogP contribution in [0.15, 0.2) is 24.3 Å². The van der Waals surface area contributed by atoms with Gasteiger partial charge >= 0.3 is 0 Å². The second-order valence-corrected chi connectivity index (χ2v) is 4.52. The van der Waals surface area contributed by atoms with Crippen LogP contribution in [0.4, 0.5) is 0 Å². The average molecular weight is 228 g/mol. The number of aromatic amines is 1. The summed E-state index contributed by atoms with van der Waals surface area (Å²) in [5, 5.41) is 0. The Bertz CT molecular complexity index is 524. The van der Waals surface area contributed by atoms with Crippen molar-refractivity contribution >= 4 is 6.29 Å². The summed E-state index contributed by atoms with van der Waals surface area (Å²) in [6, 6.07) is 8.17. The van der Waals surface area contributed by atoms with Crippen LogP contribution in [0.25, 0.3) is 11.3 Å². The molecule has 0 saturated heterocycles. The fourth-order valence-corrected chi connectivity index (χ4v) is 1.81. The molecule has 1 aromatic carbocycles. The van der Waals surface area contributed by atoms with E-state index in [4.69, 9.17) is 0 Å². The number of H-pyrrole nitrogens is 1. The molecule has 0 unspecified atom stereocenters. The molecule has 1 N–H and O–H groups in total. The molecule has 1 aromatic heterocycles. The van der Waals surface area contributed by atoms with E-state index in [1.54, 1.807) is 0 Å². The van der Waals surface area contributed by atoms with E-state index in [0.29, 0.717) is 11.7 Å². The van der Waals surface area contributed by atoms with Crippen molar-refractivity contribution in [2.75, 3.05) is 0 Å². The number of carbonyl (C=O) groups is 1. The molecule has 0 atom stereocenters. The number of benzene rings is 1. The number of carbonyl (C=O) groups excluding carboxylic acids is 1. The summed E-state index contributed by atoms with van der Waals surface area (Å²) in [7, 11) is 0. The van der Waals surface area contributed by atoms with Gasteiger partial charge in [-0.15, -0.1) is 0 Å². The zero-order valence-corrected chi connectivity index (χ0v) is 10.3. The minimum Gasteiger partial charge on any atom is -0.339 e. The normalized spacial score (nSPS) is 10.8. The summed E-state index contributed by atoms with van der Waals surface area (Å²) in [6.07, 6.45) is 0.754. The van der Waals surface area contributed by atoms with Gasteiger partial charge in [-0.2, -0.15) is 0 Å². The highest BCUT2D eigenvalue weighted by molar-refractivity contribution is 5.73. The number of rotatable bonds is 3. The molecule has 0 radical (unpaired) electrons. The lowest BCUT2D eigenvalue weighted by Crippen LogP contribution is -1.91. The largest absolute Gasteiger partial charge is 0.339 e. The highest BCUT2D eigenvalue weighted by Crippen LogP contribution is 2.26. The van der Waals surface area contributed by atoms with Crippen LogP contribution in [0, 0.1) is 6.92 Å². The molecule has 0 aliphatic rings. The van der Waals surface area contributed by atoms with Crippen LogP contribution in [0.5, 0.6) is 0 Å². The van der Waals surface area contributed by atoms with Crippen molar-refractivity contribution in [2.45, 2.75) is 26.7 Å². The van der Waals surface area contributed by atoms with E-state index >= 15 is 0 Å². The van der Waals surface area contributed by atoms with Crippen LogP contribution in [-0.2, 0) is 0 Å². The number of nitrogens with one attached hydrogen (secondary N) is 1. The minimum atomic E-state index is 0.313. The van der Waals surface area contributed by atoms with Gasteiger partial charge in [-0.25, -0.2) is 4.98 Å². The lowest BCUT2D eigenvalue weighted by atomic mass is 10.0. The minimum absolute atomic E-state index is 0.313. The van der Waals surface area contributed by atoms with Gasteiger partial charge in [0.15, 0.2) is 12.1 Å². The van der Waals surface area contributed by atoms with Crippen molar-refractivity contribution in [2.24, 2.45) is 0 Å². The van der Waals surface area contributed by atoms with E-state index < -0.39 is 0 Å². The summed E-state index contributed by atoms with van der Waals surface area (Å²) >= 11 is 0. The number of aldehydes is 1. The van der Waals surface area contributed by atoms with Gasteiger partial charge in [-0.1, -0.05) is 43.7 Å². The Morgan fingerprint density at radius 1 is 1.24 bits per heavy atom. The smallest absolute Gasteiger partial charge is 0.185 e. The molecule has 3 nitrogen and oxygen atoms in total. The van der Waals surface area contributed by atoms with Crippen LogP contribution in [0.2, 0.25) is 0 Å². The highest BCUT2D eigenvalue weighted by atomic mass is 16.1. The Labute approximate surface area is 101 Å². The summed E-state index contributed by atoms with van der Waals surface area (Å²) in [4.78, 5) is 18.2. The molecule has 0 bridgehead atoms. The first-order valence-electron chi connectivity index (χ1n) is 5.74. The van der Waals surface area contributed by atoms with Crippen LogP contribution in [0.3, 0.4) is 0 Å². The Morgan fingerprint density at radius 2 is 1.88 bits per heavy atom. The van der Waals surface area contributed by atoms with E-state index in [1.165, 1.54) is 5.56 Å². The molecule has 0 spiro atoms. The van der Waals surface area contributed by atoms with Gasteiger partial charge in [0.2, 0.25) is 0 Å². The fraction of sp³-hybridized carbons (Fsp3) is 0.286. The molecule has 2 aromatic rings. The standard InChI is InChI=1S/C14H16N2O/c1-9(2)13-14(16-12(8-17)15-13)11-6-4-10(3)5-7-11/h4-9H,1-3H3,(H,15,16). The molecule has 0 amide bonds. The van der Waals surface area contributed by atoms with Gasteiger partial charge < -0.3 is 4.98 Å². The SMILES string of the molecule is Cc1ccc(-c2nc(C=O)[nH]c2C(C)C)cc1. The highest BCUT2D eigenvalue weighted by Gasteiger charge is 2.14. The van der Waals surface area contributed by atoms with E-state index in [-0.39, 0.29) is 0 Å². The first kappa shape index (κ1) is 11.6. The van der Waals surface area contributed by atoms with Crippen LogP contribution in [-0.4, -0.2) is 16.3 Å². The summed E-state index contributed by atoms with van der Waals surface area (Å²) in [5.74, 6) is 0.705. The zero-order valence-electron chi connectivity index (χ0n) is 10.3. The van der Waals surface area contributed by atoms with Gasteiger partial charge in [0.05, 0.1) is 5.69 Å². The maximum Gasteiger partial charge on any atom is 0.185 e. The lowest BCUT2D eigenvalue weighted by molar-refractivity contribution is 0.111. The van der Waals surface area contributed by atoms with Crippen molar-refractivity contribution < 1.29 is 4.79 Å². The van der Waals surface area contributed by atoms with Gasteiger partial charge in [-0.3, -0.25) is 4.79 Å². The molecular formula is C14H16N2O.